The van der Waals surface area contributed by atoms with E-state index < -0.39 is 0 Å². The Bertz CT molecular complexity index is 999. The minimum atomic E-state index is -0.322. The fourth-order valence-corrected chi connectivity index (χ4v) is 4.63. The molecule has 5 nitrogen and oxygen atoms in total. The van der Waals surface area contributed by atoms with E-state index in [-0.39, 0.29) is 18.2 Å². The number of ether oxygens (including phenoxy) is 2. The zero-order valence-corrected chi connectivity index (χ0v) is 15.1. The lowest BCUT2D eigenvalue weighted by molar-refractivity contribution is -0.0171. The van der Waals surface area contributed by atoms with Crippen LogP contribution in [0.25, 0.3) is 10.2 Å². The van der Waals surface area contributed by atoms with Gasteiger partial charge in [-0.1, -0.05) is 11.8 Å². The van der Waals surface area contributed by atoms with Crippen molar-refractivity contribution in [1.82, 2.24) is 9.55 Å². The number of hydrogen-bond acceptors (Lipinski definition) is 6. The van der Waals surface area contributed by atoms with Crippen molar-refractivity contribution >= 4 is 33.3 Å². The normalized spacial score (nSPS) is 13.7. The second-order valence-corrected chi connectivity index (χ2v) is 7.39. The van der Waals surface area contributed by atoms with Gasteiger partial charge in [0.15, 0.2) is 11.9 Å². The number of rotatable bonds is 4. The third-order valence-corrected chi connectivity index (χ3v) is 5.87. The van der Waals surface area contributed by atoms with Crippen LogP contribution in [0.4, 0.5) is 4.39 Å². The van der Waals surface area contributed by atoms with Crippen molar-refractivity contribution in [3.8, 4) is 5.75 Å². The summed E-state index contributed by atoms with van der Waals surface area (Å²) >= 11 is 2.81. The summed E-state index contributed by atoms with van der Waals surface area (Å²) in [5.41, 5.74) is 2.12. The highest BCUT2D eigenvalue weighted by atomic mass is 32.2. The van der Waals surface area contributed by atoms with E-state index >= 15 is 0 Å². The average Bonchev–Trinajstić information content (AvgIpc) is 3.08. The highest BCUT2D eigenvalue weighted by Crippen LogP contribution is 2.33. The van der Waals surface area contributed by atoms with Crippen molar-refractivity contribution in [3.05, 3.63) is 50.9 Å². The fraction of sp³-hybridized carbons (Fsp3) is 0.294. The van der Waals surface area contributed by atoms with E-state index in [9.17, 15) is 9.18 Å². The predicted octanol–water partition coefficient (Wildman–Crippen LogP) is 3.78. The number of halogens is 1. The lowest BCUT2D eigenvalue weighted by Crippen LogP contribution is -2.21. The first-order valence-corrected chi connectivity index (χ1v) is 9.66. The van der Waals surface area contributed by atoms with Crippen molar-refractivity contribution in [2.45, 2.75) is 31.0 Å². The number of benzene rings is 1. The molecule has 1 aliphatic rings. The number of thiophene rings is 1. The van der Waals surface area contributed by atoms with Crippen LogP contribution in [0.1, 0.15) is 18.1 Å². The van der Waals surface area contributed by atoms with E-state index in [0.717, 1.165) is 5.56 Å². The predicted molar refractivity (Wildman–Crippen MR) is 95.8 cm³/mol. The maximum Gasteiger partial charge on any atom is 0.272 e. The summed E-state index contributed by atoms with van der Waals surface area (Å²) in [6.45, 7) is 2.95. The molecule has 8 heteroatoms. The molecule has 130 valence electrons. The molecule has 1 aromatic carbocycles. The topological polar surface area (TPSA) is 53.4 Å². The number of thioether (sulfide) groups is 1. The van der Waals surface area contributed by atoms with Gasteiger partial charge in [-0.3, -0.25) is 9.36 Å². The van der Waals surface area contributed by atoms with Crippen molar-refractivity contribution in [2.24, 2.45) is 0 Å². The molecule has 0 spiro atoms. The highest BCUT2D eigenvalue weighted by molar-refractivity contribution is 7.98. The number of hydrogen-bond donors (Lipinski definition) is 0. The molecule has 4 rings (SSSR count). The summed E-state index contributed by atoms with van der Waals surface area (Å²) in [5, 5.41) is 2.49. The first-order valence-electron chi connectivity index (χ1n) is 7.80. The van der Waals surface area contributed by atoms with E-state index in [0.29, 0.717) is 45.6 Å². The van der Waals surface area contributed by atoms with Gasteiger partial charge in [-0.15, -0.1) is 11.3 Å². The Labute approximate surface area is 151 Å². The van der Waals surface area contributed by atoms with Gasteiger partial charge < -0.3 is 9.47 Å². The van der Waals surface area contributed by atoms with Gasteiger partial charge in [-0.2, -0.15) is 0 Å². The van der Waals surface area contributed by atoms with Gasteiger partial charge in [-0.25, -0.2) is 9.37 Å². The standard InChI is InChI=1S/C17H15FN2O3S2/c1-2-20-16(21)15-13(3-4-24-15)19-17(20)25-8-11-6-12(18)5-10-7-22-9-23-14(10)11/h3-6H,2,7-9H2,1H3. The van der Waals surface area contributed by atoms with Gasteiger partial charge in [-0.05, 0) is 30.5 Å². The second-order valence-electron chi connectivity index (χ2n) is 5.53. The molecule has 25 heavy (non-hydrogen) atoms. The van der Waals surface area contributed by atoms with Crippen LogP contribution in [-0.2, 0) is 23.6 Å². The van der Waals surface area contributed by atoms with Crippen LogP contribution in [-0.4, -0.2) is 16.3 Å². The lowest BCUT2D eigenvalue weighted by Gasteiger charge is -2.20. The third kappa shape index (κ3) is 3.05. The maximum absolute atomic E-state index is 13.9. The molecule has 0 N–H and O–H groups in total. The first-order chi connectivity index (χ1) is 12.2. The summed E-state index contributed by atoms with van der Waals surface area (Å²) in [6.07, 6.45) is 0. The van der Waals surface area contributed by atoms with Crippen LogP contribution in [0.15, 0.2) is 33.5 Å². The van der Waals surface area contributed by atoms with E-state index in [2.05, 4.69) is 4.98 Å². The molecule has 0 fully saturated rings. The molecule has 0 aliphatic carbocycles. The molecule has 0 unspecified atom stereocenters. The molecule has 0 radical (unpaired) electrons. The molecule has 3 heterocycles. The van der Waals surface area contributed by atoms with Crippen LogP contribution in [0.3, 0.4) is 0 Å². The smallest absolute Gasteiger partial charge is 0.272 e. The Morgan fingerprint density at radius 1 is 1.44 bits per heavy atom. The quantitative estimate of drug-likeness (QED) is 0.511. The van der Waals surface area contributed by atoms with Crippen LogP contribution in [0.5, 0.6) is 5.75 Å². The van der Waals surface area contributed by atoms with Crippen LogP contribution in [0.2, 0.25) is 0 Å². The monoisotopic (exact) mass is 378 g/mol. The highest BCUT2D eigenvalue weighted by Gasteiger charge is 2.18. The molecular formula is C17H15FN2O3S2. The number of nitrogens with zero attached hydrogens (tertiary/aromatic N) is 2. The van der Waals surface area contributed by atoms with Crippen molar-refractivity contribution in [1.29, 1.82) is 0 Å². The average molecular weight is 378 g/mol. The van der Waals surface area contributed by atoms with Gasteiger partial charge in [0.2, 0.25) is 0 Å². The van der Waals surface area contributed by atoms with Crippen molar-refractivity contribution < 1.29 is 13.9 Å². The molecule has 2 aromatic heterocycles. The fourth-order valence-electron chi connectivity index (χ4n) is 2.82. The Kier molecular flexibility index (Phi) is 4.49. The SMILES string of the molecule is CCn1c(SCc2cc(F)cc3c2OCOC3)nc2ccsc2c1=O. The van der Waals surface area contributed by atoms with Gasteiger partial charge in [0.25, 0.3) is 5.56 Å². The van der Waals surface area contributed by atoms with Crippen LogP contribution < -0.4 is 10.3 Å². The van der Waals surface area contributed by atoms with Gasteiger partial charge in [0.1, 0.15) is 16.3 Å². The van der Waals surface area contributed by atoms with Crippen LogP contribution >= 0.6 is 23.1 Å². The van der Waals surface area contributed by atoms with Gasteiger partial charge in [0.05, 0.1) is 12.1 Å². The largest absolute Gasteiger partial charge is 0.467 e. The van der Waals surface area contributed by atoms with E-state index in [1.807, 2.05) is 18.4 Å². The molecular weight excluding hydrogens is 363 g/mol. The summed E-state index contributed by atoms with van der Waals surface area (Å²) in [7, 11) is 0. The summed E-state index contributed by atoms with van der Waals surface area (Å²) < 4.78 is 26.9. The Morgan fingerprint density at radius 2 is 2.32 bits per heavy atom. The van der Waals surface area contributed by atoms with Crippen molar-refractivity contribution in [3.63, 3.8) is 0 Å². The Morgan fingerprint density at radius 3 is 3.16 bits per heavy atom. The molecule has 0 saturated heterocycles. The second kappa shape index (κ2) is 6.78. The summed E-state index contributed by atoms with van der Waals surface area (Å²) in [6, 6.07) is 4.74. The molecule has 0 bridgehead atoms. The minimum Gasteiger partial charge on any atom is -0.467 e. The molecule has 0 atom stereocenters. The van der Waals surface area contributed by atoms with E-state index in [1.165, 1.54) is 35.2 Å². The third-order valence-electron chi connectivity index (χ3n) is 3.96. The molecule has 0 amide bonds. The first kappa shape index (κ1) is 16.6. The van der Waals surface area contributed by atoms with E-state index in [4.69, 9.17) is 9.47 Å². The lowest BCUT2D eigenvalue weighted by atomic mass is 10.1. The molecule has 0 saturated carbocycles. The maximum atomic E-state index is 13.9. The molecule has 3 aromatic rings. The van der Waals surface area contributed by atoms with Gasteiger partial charge in [0, 0.05) is 23.4 Å². The minimum absolute atomic E-state index is 0.0316. The summed E-state index contributed by atoms with van der Waals surface area (Å²) in [4.78, 5) is 17.2. The summed E-state index contributed by atoms with van der Waals surface area (Å²) in [5.74, 6) is 0.807. The molecule has 1 aliphatic heterocycles. The van der Waals surface area contributed by atoms with Crippen LogP contribution in [0, 0.1) is 5.82 Å². The number of fused-ring (bicyclic) bond motifs is 2. The zero-order chi connectivity index (χ0) is 17.4. The zero-order valence-electron chi connectivity index (χ0n) is 13.5. The van der Waals surface area contributed by atoms with Crippen molar-refractivity contribution in [2.75, 3.05) is 6.79 Å². The van der Waals surface area contributed by atoms with E-state index in [1.54, 1.807) is 4.57 Å². The Balaban J connectivity index is 1.69. The van der Waals surface area contributed by atoms with Gasteiger partial charge >= 0.3 is 0 Å². The Hall–Kier alpha value is -1.90. The number of aromatic nitrogens is 2.